The highest BCUT2D eigenvalue weighted by atomic mass is 16.5. The minimum atomic E-state index is -0.134. The molecule has 3 aliphatic rings. The Morgan fingerprint density at radius 2 is 1.77 bits per heavy atom. The van der Waals surface area contributed by atoms with Crippen LogP contribution in [0, 0.1) is 5.92 Å². The van der Waals surface area contributed by atoms with Crippen LogP contribution in [0.3, 0.4) is 0 Å². The summed E-state index contributed by atoms with van der Waals surface area (Å²) in [5, 5.41) is 0. The van der Waals surface area contributed by atoms with Gasteiger partial charge in [0.2, 0.25) is 5.91 Å². The largest absolute Gasteiger partial charge is 0.482 e. The maximum atomic E-state index is 12.8. The highest BCUT2D eigenvalue weighted by Crippen LogP contribution is 2.32. The van der Waals surface area contributed by atoms with Crippen LogP contribution in [0.2, 0.25) is 0 Å². The average Bonchev–Trinajstić information content (AvgIpc) is 2.63. The Morgan fingerprint density at radius 3 is 2.42 bits per heavy atom. The molecule has 138 valence electrons. The van der Waals surface area contributed by atoms with Gasteiger partial charge in [-0.15, -0.1) is 0 Å². The van der Waals surface area contributed by atoms with Gasteiger partial charge < -0.3 is 19.4 Å². The molecule has 0 radical (unpaired) electrons. The number of likely N-dealkylation sites (N-methyl/N-ethyl adjacent to an activating group) is 1. The van der Waals surface area contributed by atoms with Crippen LogP contribution in [0.15, 0.2) is 18.2 Å². The van der Waals surface area contributed by atoms with E-state index in [1.54, 1.807) is 30.1 Å². The molecule has 0 unspecified atom stereocenters. The number of hydrogen-bond donors (Lipinski definition) is 0. The predicted molar refractivity (Wildman–Crippen MR) is 95.2 cm³/mol. The first-order valence-corrected chi connectivity index (χ1v) is 9.16. The number of carbonyl (C=O) groups is 3. The van der Waals surface area contributed by atoms with Crippen LogP contribution in [0.25, 0.3) is 0 Å². The molecule has 1 aromatic carbocycles. The second-order valence-electron chi connectivity index (χ2n) is 7.17. The zero-order chi connectivity index (χ0) is 18.3. The topological polar surface area (TPSA) is 70.2 Å². The van der Waals surface area contributed by atoms with E-state index in [9.17, 15) is 14.4 Å². The first kappa shape index (κ1) is 16.9. The SMILES string of the molecule is CN1C(=O)COc2ccc(C(=O)N3CCN(C(=O)C4CCC4)CC3)cc21. The minimum Gasteiger partial charge on any atom is -0.482 e. The number of benzene rings is 1. The molecule has 0 atom stereocenters. The molecule has 0 aromatic heterocycles. The standard InChI is InChI=1S/C19H23N3O4/c1-20-15-11-14(5-6-16(15)26-12-17(20)23)19(25)22-9-7-21(8-10-22)18(24)13-3-2-4-13/h5-6,11,13H,2-4,7-10,12H2,1H3. The Balaban J connectivity index is 1.42. The van der Waals surface area contributed by atoms with E-state index in [1.807, 2.05) is 4.90 Å². The molecule has 2 aliphatic heterocycles. The average molecular weight is 357 g/mol. The zero-order valence-electron chi connectivity index (χ0n) is 14.9. The zero-order valence-corrected chi connectivity index (χ0v) is 14.9. The summed E-state index contributed by atoms with van der Waals surface area (Å²) >= 11 is 0. The maximum absolute atomic E-state index is 12.8. The van der Waals surface area contributed by atoms with Crippen molar-refractivity contribution in [3.8, 4) is 5.75 Å². The molecule has 4 rings (SSSR count). The molecule has 0 spiro atoms. The number of amides is 3. The van der Waals surface area contributed by atoms with Crippen LogP contribution in [0.4, 0.5) is 5.69 Å². The van der Waals surface area contributed by atoms with E-state index >= 15 is 0 Å². The fraction of sp³-hybridized carbons (Fsp3) is 0.526. The molecule has 1 saturated carbocycles. The monoisotopic (exact) mass is 357 g/mol. The van der Waals surface area contributed by atoms with Gasteiger partial charge in [-0.1, -0.05) is 6.42 Å². The Hall–Kier alpha value is -2.57. The predicted octanol–water partition coefficient (Wildman–Crippen LogP) is 1.13. The lowest BCUT2D eigenvalue weighted by atomic mass is 9.84. The molecule has 1 aliphatic carbocycles. The number of carbonyl (C=O) groups excluding carboxylic acids is 3. The van der Waals surface area contributed by atoms with Gasteiger partial charge >= 0.3 is 0 Å². The van der Waals surface area contributed by atoms with E-state index in [-0.39, 0.29) is 30.2 Å². The van der Waals surface area contributed by atoms with Gasteiger partial charge in [0.15, 0.2) is 6.61 Å². The third-order valence-corrected chi connectivity index (χ3v) is 5.63. The van der Waals surface area contributed by atoms with E-state index in [2.05, 4.69) is 0 Å². The Kier molecular flexibility index (Phi) is 4.30. The van der Waals surface area contributed by atoms with Crippen LogP contribution >= 0.6 is 0 Å². The lowest BCUT2D eigenvalue weighted by Gasteiger charge is -2.38. The Bertz CT molecular complexity index is 751. The van der Waals surface area contributed by atoms with E-state index in [4.69, 9.17) is 4.74 Å². The molecular weight excluding hydrogens is 334 g/mol. The van der Waals surface area contributed by atoms with Crippen molar-refractivity contribution in [2.45, 2.75) is 19.3 Å². The normalized spacial score (nSPS) is 20.3. The van der Waals surface area contributed by atoms with Gasteiger partial charge in [-0.2, -0.15) is 0 Å². The molecule has 2 fully saturated rings. The number of ether oxygens (including phenoxy) is 1. The third kappa shape index (κ3) is 2.91. The van der Waals surface area contributed by atoms with Gasteiger partial charge in [0.05, 0.1) is 5.69 Å². The highest BCUT2D eigenvalue weighted by Gasteiger charge is 2.32. The van der Waals surface area contributed by atoms with Crippen molar-refractivity contribution in [3.05, 3.63) is 23.8 Å². The summed E-state index contributed by atoms with van der Waals surface area (Å²) in [5.41, 5.74) is 1.15. The number of fused-ring (bicyclic) bond motifs is 1. The summed E-state index contributed by atoms with van der Waals surface area (Å²) in [6.07, 6.45) is 3.15. The number of rotatable bonds is 2. The Morgan fingerprint density at radius 1 is 1.08 bits per heavy atom. The highest BCUT2D eigenvalue weighted by molar-refractivity contribution is 6.01. The number of hydrogen-bond acceptors (Lipinski definition) is 4. The van der Waals surface area contributed by atoms with Crippen molar-refractivity contribution in [2.75, 3.05) is 44.7 Å². The fourth-order valence-corrected chi connectivity index (χ4v) is 3.63. The Labute approximate surface area is 152 Å². The van der Waals surface area contributed by atoms with Crippen LogP contribution in [-0.4, -0.2) is 67.4 Å². The lowest BCUT2D eigenvalue weighted by molar-refractivity contribution is -0.139. The van der Waals surface area contributed by atoms with E-state index in [0.717, 1.165) is 19.3 Å². The number of piperazine rings is 1. The van der Waals surface area contributed by atoms with Gasteiger partial charge in [-0.25, -0.2) is 0 Å². The van der Waals surface area contributed by atoms with Crippen molar-refractivity contribution in [1.29, 1.82) is 0 Å². The van der Waals surface area contributed by atoms with E-state index in [0.29, 0.717) is 43.2 Å². The summed E-state index contributed by atoms with van der Waals surface area (Å²) in [6, 6.07) is 5.18. The van der Waals surface area contributed by atoms with Gasteiger partial charge in [0.1, 0.15) is 5.75 Å². The third-order valence-electron chi connectivity index (χ3n) is 5.63. The molecule has 0 bridgehead atoms. The van der Waals surface area contributed by atoms with Gasteiger partial charge in [-0.05, 0) is 31.0 Å². The van der Waals surface area contributed by atoms with Crippen molar-refractivity contribution < 1.29 is 19.1 Å². The quantitative estimate of drug-likeness (QED) is 0.796. The van der Waals surface area contributed by atoms with Gasteiger partial charge in [0, 0.05) is 44.7 Å². The number of anilines is 1. The molecular formula is C19H23N3O4. The van der Waals surface area contributed by atoms with Crippen LogP contribution in [-0.2, 0) is 9.59 Å². The summed E-state index contributed by atoms with van der Waals surface area (Å²) in [5.74, 6) is 0.847. The van der Waals surface area contributed by atoms with Crippen LogP contribution in [0.1, 0.15) is 29.6 Å². The molecule has 26 heavy (non-hydrogen) atoms. The van der Waals surface area contributed by atoms with Crippen LogP contribution < -0.4 is 9.64 Å². The summed E-state index contributed by atoms with van der Waals surface area (Å²) in [6.45, 7) is 2.29. The number of nitrogens with zero attached hydrogens (tertiary/aromatic N) is 3. The second-order valence-corrected chi connectivity index (χ2v) is 7.17. The molecule has 1 saturated heterocycles. The first-order valence-electron chi connectivity index (χ1n) is 9.16. The molecule has 7 nitrogen and oxygen atoms in total. The van der Waals surface area contributed by atoms with E-state index < -0.39 is 0 Å². The molecule has 3 amide bonds. The smallest absolute Gasteiger partial charge is 0.264 e. The van der Waals surface area contributed by atoms with Crippen molar-refractivity contribution >= 4 is 23.4 Å². The summed E-state index contributed by atoms with van der Waals surface area (Å²) in [7, 11) is 1.68. The second kappa shape index (κ2) is 6.63. The molecule has 7 heteroatoms. The molecule has 1 aromatic rings. The lowest BCUT2D eigenvalue weighted by Crippen LogP contribution is -2.52. The summed E-state index contributed by atoms with van der Waals surface area (Å²) < 4.78 is 5.40. The van der Waals surface area contributed by atoms with Crippen molar-refractivity contribution in [3.63, 3.8) is 0 Å². The van der Waals surface area contributed by atoms with Crippen LogP contribution in [0.5, 0.6) is 5.75 Å². The van der Waals surface area contributed by atoms with Crippen molar-refractivity contribution in [2.24, 2.45) is 5.92 Å². The van der Waals surface area contributed by atoms with Crippen molar-refractivity contribution in [1.82, 2.24) is 9.80 Å². The van der Waals surface area contributed by atoms with Gasteiger partial charge in [-0.3, -0.25) is 14.4 Å². The first-order chi connectivity index (χ1) is 12.5. The summed E-state index contributed by atoms with van der Waals surface area (Å²) in [4.78, 5) is 42.1. The fourth-order valence-electron chi connectivity index (χ4n) is 3.63. The van der Waals surface area contributed by atoms with Gasteiger partial charge in [0.25, 0.3) is 11.8 Å². The maximum Gasteiger partial charge on any atom is 0.264 e. The molecule has 0 N–H and O–H groups in total. The minimum absolute atomic E-state index is 0.0216. The van der Waals surface area contributed by atoms with E-state index in [1.165, 1.54) is 4.90 Å². The molecule has 2 heterocycles.